The molecule has 27 heavy (non-hydrogen) atoms. The standard InChI is InChI=1S/C21H25N3O2S/c1-5-14-8-16(19-11(2)22-21(27-19)23-13(4)25)9-17-10-24(20(26)18(14)17)12(3)15-6-7-15/h8-9,12,15H,5-7,10H2,1-4H3,(H,22,23,25)/t12-/m0/s1. The molecule has 0 bridgehead atoms. The summed E-state index contributed by atoms with van der Waals surface area (Å²) in [5.74, 6) is 0.735. The van der Waals surface area contributed by atoms with E-state index in [1.54, 1.807) is 0 Å². The molecule has 0 radical (unpaired) electrons. The zero-order valence-electron chi connectivity index (χ0n) is 16.3. The molecule has 1 aromatic carbocycles. The number of anilines is 1. The van der Waals surface area contributed by atoms with E-state index in [9.17, 15) is 9.59 Å². The van der Waals surface area contributed by atoms with E-state index >= 15 is 0 Å². The monoisotopic (exact) mass is 383 g/mol. The van der Waals surface area contributed by atoms with Gasteiger partial charge in [-0.25, -0.2) is 4.98 Å². The van der Waals surface area contributed by atoms with E-state index in [0.29, 0.717) is 23.6 Å². The van der Waals surface area contributed by atoms with E-state index in [4.69, 9.17) is 0 Å². The molecule has 2 aromatic rings. The van der Waals surface area contributed by atoms with Crippen molar-refractivity contribution in [3.63, 3.8) is 0 Å². The van der Waals surface area contributed by atoms with Crippen LogP contribution >= 0.6 is 11.3 Å². The number of fused-ring (bicyclic) bond motifs is 1. The predicted molar refractivity (Wildman–Crippen MR) is 108 cm³/mol. The van der Waals surface area contributed by atoms with Crippen LogP contribution in [0.5, 0.6) is 0 Å². The van der Waals surface area contributed by atoms with E-state index in [1.165, 1.54) is 31.1 Å². The van der Waals surface area contributed by atoms with Crippen LogP contribution in [-0.4, -0.2) is 27.7 Å². The molecule has 1 fully saturated rings. The van der Waals surface area contributed by atoms with Crippen LogP contribution in [-0.2, 0) is 17.8 Å². The summed E-state index contributed by atoms with van der Waals surface area (Å²) in [7, 11) is 0. The smallest absolute Gasteiger partial charge is 0.255 e. The second-order valence-electron chi connectivity index (χ2n) is 7.65. The fraction of sp³-hybridized carbons (Fsp3) is 0.476. The van der Waals surface area contributed by atoms with Crippen LogP contribution in [0.25, 0.3) is 10.4 Å². The molecule has 0 spiro atoms. The highest BCUT2D eigenvalue weighted by molar-refractivity contribution is 7.19. The second-order valence-corrected chi connectivity index (χ2v) is 8.65. The van der Waals surface area contributed by atoms with Crippen LogP contribution in [0.3, 0.4) is 0 Å². The maximum Gasteiger partial charge on any atom is 0.255 e. The Kier molecular flexibility index (Phi) is 4.54. The van der Waals surface area contributed by atoms with Crippen molar-refractivity contribution in [2.24, 2.45) is 5.92 Å². The van der Waals surface area contributed by atoms with Crippen LogP contribution in [0.1, 0.15) is 60.8 Å². The first kappa shape index (κ1) is 18.2. The van der Waals surface area contributed by atoms with Crippen molar-refractivity contribution in [3.8, 4) is 10.4 Å². The highest BCUT2D eigenvalue weighted by Gasteiger charge is 2.39. The van der Waals surface area contributed by atoms with Crippen molar-refractivity contribution in [2.75, 3.05) is 5.32 Å². The Bertz CT molecular complexity index is 930. The van der Waals surface area contributed by atoms with Crippen molar-refractivity contribution in [2.45, 2.75) is 59.5 Å². The molecule has 2 amide bonds. The first-order valence-electron chi connectivity index (χ1n) is 9.61. The maximum absolute atomic E-state index is 13.1. The summed E-state index contributed by atoms with van der Waals surface area (Å²) in [5.41, 5.74) is 5.12. The largest absolute Gasteiger partial charge is 0.331 e. The third kappa shape index (κ3) is 3.27. The van der Waals surface area contributed by atoms with E-state index < -0.39 is 0 Å². The summed E-state index contributed by atoms with van der Waals surface area (Å²) < 4.78 is 0. The first-order chi connectivity index (χ1) is 12.9. The molecule has 0 saturated heterocycles. The maximum atomic E-state index is 13.1. The molecule has 0 unspecified atom stereocenters. The van der Waals surface area contributed by atoms with Gasteiger partial charge >= 0.3 is 0 Å². The molecule has 2 heterocycles. The van der Waals surface area contributed by atoms with Gasteiger partial charge in [0.1, 0.15) is 0 Å². The SMILES string of the molecule is CCc1cc(-c2sc(NC(C)=O)nc2C)cc2c1C(=O)N([C@@H](C)C1CC1)C2. The molecule has 1 aliphatic carbocycles. The summed E-state index contributed by atoms with van der Waals surface area (Å²) in [6.45, 7) is 8.43. The lowest BCUT2D eigenvalue weighted by atomic mass is 9.96. The molecular formula is C21H25N3O2S. The fourth-order valence-electron chi connectivity index (χ4n) is 4.01. The van der Waals surface area contributed by atoms with Gasteiger partial charge in [0.05, 0.1) is 10.6 Å². The van der Waals surface area contributed by atoms with Gasteiger partial charge in [-0.05, 0) is 67.9 Å². The number of benzene rings is 1. The normalized spacial score (nSPS) is 17.2. The Balaban J connectivity index is 1.72. The summed E-state index contributed by atoms with van der Waals surface area (Å²) in [4.78, 5) is 32.0. The second kappa shape index (κ2) is 6.75. The molecule has 1 N–H and O–H groups in total. The van der Waals surface area contributed by atoms with Gasteiger partial charge in [0.15, 0.2) is 5.13 Å². The minimum absolute atomic E-state index is 0.117. The summed E-state index contributed by atoms with van der Waals surface area (Å²) in [6, 6.07) is 4.58. The molecule has 1 aliphatic heterocycles. The quantitative estimate of drug-likeness (QED) is 0.833. The number of carbonyl (C=O) groups excluding carboxylic acids is 2. The van der Waals surface area contributed by atoms with Crippen molar-refractivity contribution in [1.82, 2.24) is 9.88 Å². The number of carbonyl (C=O) groups is 2. The van der Waals surface area contributed by atoms with Gasteiger partial charge in [0, 0.05) is 25.1 Å². The van der Waals surface area contributed by atoms with Crippen molar-refractivity contribution in [1.29, 1.82) is 0 Å². The van der Waals surface area contributed by atoms with Crippen molar-refractivity contribution < 1.29 is 9.59 Å². The lowest BCUT2D eigenvalue weighted by molar-refractivity contribution is -0.114. The molecule has 2 aliphatic rings. The molecule has 1 atom stereocenters. The fourth-order valence-corrected chi connectivity index (χ4v) is 5.01. The molecule has 1 saturated carbocycles. The zero-order valence-corrected chi connectivity index (χ0v) is 17.1. The van der Waals surface area contributed by atoms with Crippen LogP contribution in [0.4, 0.5) is 5.13 Å². The Hall–Kier alpha value is -2.21. The number of nitrogens with one attached hydrogen (secondary N) is 1. The summed E-state index contributed by atoms with van der Waals surface area (Å²) >= 11 is 1.49. The topological polar surface area (TPSA) is 62.3 Å². The molecule has 6 heteroatoms. The molecular weight excluding hydrogens is 358 g/mol. The van der Waals surface area contributed by atoms with Gasteiger partial charge in [-0.2, -0.15) is 0 Å². The molecule has 1 aromatic heterocycles. The summed E-state index contributed by atoms with van der Waals surface area (Å²) in [6.07, 6.45) is 3.29. The zero-order chi connectivity index (χ0) is 19.3. The average molecular weight is 384 g/mol. The highest BCUT2D eigenvalue weighted by Crippen LogP contribution is 2.41. The van der Waals surface area contributed by atoms with Gasteiger partial charge in [-0.3, -0.25) is 9.59 Å². The number of amides is 2. The molecule has 142 valence electrons. The van der Waals surface area contributed by atoms with Crippen LogP contribution < -0.4 is 5.32 Å². The molecule has 5 nitrogen and oxygen atoms in total. The minimum Gasteiger partial charge on any atom is -0.331 e. The summed E-state index contributed by atoms with van der Waals surface area (Å²) in [5, 5.41) is 3.39. The van der Waals surface area contributed by atoms with Gasteiger partial charge in [0.25, 0.3) is 5.91 Å². The van der Waals surface area contributed by atoms with Gasteiger partial charge in [0.2, 0.25) is 5.91 Å². The number of rotatable bonds is 5. The number of aryl methyl sites for hydroxylation is 2. The van der Waals surface area contributed by atoms with Gasteiger partial charge in [-0.1, -0.05) is 18.3 Å². The highest BCUT2D eigenvalue weighted by atomic mass is 32.1. The Morgan fingerprint density at radius 2 is 2.15 bits per heavy atom. The van der Waals surface area contributed by atoms with E-state index in [0.717, 1.165) is 39.2 Å². The Morgan fingerprint density at radius 3 is 2.78 bits per heavy atom. The molecule has 4 rings (SSSR count). The van der Waals surface area contributed by atoms with Crippen molar-refractivity contribution in [3.05, 3.63) is 34.5 Å². The van der Waals surface area contributed by atoms with Gasteiger partial charge < -0.3 is 10.2 Å². The number of hydrogen-bond donors (Lipinski definition) is 1. The first-order valence-corrected chi connectivity index (χ1v) is 10.4. The Morgan fingerprint density at radius 1 is 1.41 bits per heavy atom. The van der Waals surface area contributed by atoms with Crippen LogP contribution in [0, 0.1) is 12.8 Å². The lowest BCUT2D eigenvalue weighted by Crippen LogP contribution is -2.34. The van der Waals surface area contributed by atoms with E-state index in [1.807, 2.05) is 11.8 Å². The Labute approximate surface area is 163 Å². The van der Waals surface area contributed by atoms with E-state index in [-0.39, 0.29) is 11.8 Å². The van der Waals surface area contributed by atoms with Gasteiger partial charge in [-0.15, -0.1) is 0 Å². The minimum atomic E-state index is -0.117. The number of nitrogens with zero attached hydrogens (tertiary/aromatic N) is 2. The number of thiazole rings is 1. The van der Waals surface area contributed by atoms with Crippen molar-refractivity contribution >= 4 is 28.3 Å². The third-order valence-corrected chi connectivity index (χ3v) is 6.76. The van der Waals surface area contributed by atoms with Crippen LogP contribution in [0.2, 0.25) is 0 Å². The predicted octanol–water partition coefficient (Wildman–Crippen LogP) is 4.39. The van der Waals surface area contributed by atoms with E-state index in [2.05, 4.69) is 36.3 Å². The average Bonchev–Trinajstić information content (AvgIpc) is 3.33. The lowest BCUT2D eigenvalue weighted by Gasteiger charge is -2.24. The number of aromatic nitrogens is 1. The third-order valence-electron chi connectivity index (χ3n) is 5.64. The van der Waals surface area contributed by atoms with Crippen LogP contribution in [0.15, 0.2) is 12.1 Å². The number of hydrogen-bond acceptors (Lipinski definition) is 4.